The lowest BCUT2D eigenvalue weighted by Gasteiger charge is -2.30. The molecule has 0 radical (unpaired) electrons. The molecule has 1 rings (SSSR count). The van der Waals surface area contributed by atoms with Crippen LogP contribution in [0.4, 0.5) is 8.78 Å². The summed E-state index contributed by atoms with van der Waals surface area (Å²) in [5.41, 5.74) is -1.07. The Morgan fingerprint density at radius 3 is 2.12 bits per heavy atom. The zero-order chi connectivity index (χ0) is 13.1. The van der Waals surface area contributed by atoms with Gasteiger partial charge in [-0.3, -0.25) is 0 Å². The maximum Gasteiger partial charge on any atom is 0.130 e. The Bertz CT molecular complexity index is 361. The molecule has 0 aliphatic heterocycles. The van der Waals surface area contributed by atoms with E-state index in [1.807, 2.05) is 0 Å². The minimum absolute atomic E-state index is 0.0966. The van der Waals surface area contributed by atoms with E-state index in [0.717, 1.165) is 0 Å². The molecule has 0 bridgehead atoms. The molecule has 0 aromatic heterocycles. The second-order valence-electron chi connectivity index (χ2n) is 4.38. The van der Waals surface area contributed by atoms with E-state index in [4.69, 9.17) is 10.2 Å². The van der Waals surface area contributed by atoms with Crippen LogP contribution in [0.15, 0.2) is 18.2 Å². The molecule has 0 spiro atoms. The number of halogens is 2. The molecule has 3 N–H and O–H groups in total. The molecule has 0 saturated heterocycles. The molecule has 0 aliphatic carbocycles. The van der Waals surface area contributed by atoms with Crippen LogP contribution in [0.25, 0.3) is 0 Å². The van der Waals surface area contributed by atoms with Gasteiger partial charge in [-0.05, 0) is 26.0 Å². The van der Waals surface area contributed by atoms with E-state index in [2.05, 4.69) is 5.32 Å². The van der Waals surface area contributed by atoms with Crippen molar-refractivity contribution in [2.75, 3.05) is 13.2 Å². The van der Waals surface area contributed by atoms with Crippen LogP contribution in [-0.2, 0) is 0 Å². The van der Waals surface area contributed by atoms with Crippen molar-refractivity contribution in [2.24, 2.45) is 0 Å². The maximum atomic E-state index is 13.5. The number of rotatable bonds is 5. The van der Waals surface area contributed by atoms with Gasteiger partial charge in [-0.15, -0.1) is 0 Å². The first-order valence-electron chi connectivity index (χ1n) is 5.37. The Hall–Kier alpha value is -1.04. The van der Waals surface area contributed by atoms with E-state index in [0.29, 0.717) is 0 Å². The van der Waals surface area contributed by atoms with Crippen LogP contribution in [0.2, 0.25) is 0 Å². The summed E-state index contributed by atoms with van der Waals surface area (Å²) in [4.78, 5) is 0. The van der Waals surface area contributed by atoms with Crippen molar-refractivity contribution in [3.63, 3.8) is 0 Å². The number of benzene rings is 1. The predicted molar refractivity (Wildman–Crippen MR) is 60.5 cm³/mol. The molecule has 5 heteroatoms. The second kappa shape index (κ2) is 5.53. The normalized spacial score (nSPS) is 13.8. The van der Waals surface area contributed by atoms with E-state index in [1.165, 1.54) is 18.2 Å². The van der Waals surface area contributed by atoms with Crippen molar-refractivity contribution in [1.82, 2.24) is 5.32 Å². The van der Waals surface area contributed by atoms with Crippen LogP contribution >= 0.6 is 0 Å². The van der Waals surface area contributed by atoms with Gasteiger partial charge in [0.25, 0.3) is 0 Å². The zero-order valence-corrected chi connectivity index (χ0v) is 9.87. The molecule has 0 aliphatic rings. The molecule has 0 heterocycles. The summed E-state index contributed by atoms with van der Waals surface area (Å²) in [7, 11) is 0. The Morgan fingerprint density at radius 1 is 1.24 bits per heavy atom. The molecule has 0 saturated carbocycles. The Labute approximate surface area is 99.1 Å². The molecular weight excluding hydrogens is 228 g/mol. The summed E-state index contributed by atoms with van der Waals surface area (Å²) in [6.07, 6.45) is 0. The monoisotopic (exact) mass is 245 g/mol. The van der Waals surface area contributed by atoms with Crippen LogP contribution in [0, 0.1) is 11.6 Å². The zero-order valence-electron chi connectivity index (χ0n) is 9.87. The number of hydrogen-bond donors (Lipinski definition) is 3. The predicted octanol–water partition coefficient (Wildman–Crippen LogP) is 1.36. The van der Waals surface area contributed by atoms with Gasteiger partial charge < -0.3 is 15.5 Å². The number of aliphatic hydroxyl groups is 2. The SMILES string of the molecule is CC(NC(C)(CO)CO)c1c(F)cccc1F. The largest absolute Gasteiger partial charge is 0.394 e. The summed E-state index contributed by atoms with van der Waals surface area (Å²) in [5, 5.41) is 21.0. The minimum Gasteiger partial charge on any atom is -0.394 e. The third-order valence-electron chi connectivity index (χ3n) is 2.70. The fourth-order valence-corrected chi connectivity index (χ4v) is 1.66. The molecule has 96 valence electrons. The first-order valence-corrected chi connectivity index (χ1v) is 5.37. The molecule has 1 aromatic carbocycles. The van der Waals surface area contributed by atoms with Gasteiger partial charge in [-0.25, -0.2) is 8.78 Å². The van der Waals surface area contributed by atoms with Crippen molar-refractivity contribution < 1.29 is 19.0 Å². The summed E-state index contributed by atoms with van der Waals surface area (Å²) >= 11 is 0. The van der Waals surface area contributed by atoms with Gasteiger partial charge in [0, 0.05) is 11.6 Å². The lowest BCUT2D eigenvalue weighted by atomic mass is 10.00. The minimum atomic E-state index is -0.978. The summed E-state index contributed by atoms with van der Waals surface area (Å²) < 4.78 is 27.0. The molecule has 1 atom stereocenters. The highest BCUT2D eigenvalue weighted by Crippen LogP contribution is 2.22. The average molecular weight is 245 g/mol. The van der Waals surface area contributed by atoms with Gasteiger partial charge in [-0.2, -0.15) is 0 Å². The van der Waals surface area contributed by atoms with E-state index in [-0.39, 0.29) is 18.8 Å². The van der Waals surface area contributed by atoms with Crippen molar-refractivity contribution in [2.45, 2.75) is 25.4 Å². The van der Waals surface area contributed by atoms with Crippen molar-refractivity contribution in [3.8, 4) is 0 Å². The van der Waals surface area contributed by atoms with Crippen molar-refractivity contribution in [3.05, 3.63) is 35.4 Å². The first kappa shape index (κ1) is 14.0. The molecule has 3 nitrogen and oxygen atoms in total. The van der Waals surface area contributed by atoms with Crippen LogP contribution in [-0.4, -0.2) is 29.0 Å². The number of nitrogens with one attached hydrogen (secondary N) is 1. The van der Waals surface area contributed by atoms with Gasteiger partial charge in [0.05, 0.1) is 18.8 Å². The quantitative estimate of drug-likeness (QED) is 0.734. The van der Waals surface area contributed by atoms with Crippen LogP contribution < -0.4 is 5.32 Å². The third-order valence-corrected chi connectivity index (χ3v) is 2.70. The third kappa shape index (κ3) is 3.21. The highest BCUT2D eigenvalue weighted by atomic mass is 19.1. The molecule has 1 unspecified atom stereocenters. The van der Waals surface area contributed by atoms with Gasteiger partial charge >= 0.3 is 0 Å². The average Bonchev–Trinajstić information content (AvgIpc) is 2.28. The molecular formula is C12H17F2NO2. The Morgan fingerprint density at radius 2 is 1.71 bits per heavy atom. The second-order valence-corrected chi connectivity index (χ2v) is 4.38. The van der Waals surface area contributed by atoms with Gasteiger partial charge in [0.1, 0.15) is 11.6 Å². The van der Waals surface area contributed by atoms with E-state index in [1.54, 1.807) is 13.8 Å². The smallest absolute Gasteiger partial charge is 0.130 e. The maximum absolute atomic E-state index is 13.5. The highest BCUT2D eigenvalue weighted by Gasteiger charge is 2.27. The standard InChI is InChI=1S/C12H17F2NO2/c1-8(15-12(2,6-16)7-17)11-9(13)4-3-5-10(11)14/h3-5,8,15-17H,6-7H2,1-2H3. The van der Waals surface area contributed by atoms with E-state index < -0.39 is 23.2 Å². The van der Waals surface area contributed by atoms with Crippen molar-refractivity contribution in [1.29, 1.82) is 0 Å². The number of hydrogen-bond acceptors (Lipinski definition) is 3. The topological polar surface area (TPSA) is 52.5 Å². The molecule has 0 fully saturated rings. The fraction of sp³-hybridized carbons (Fsp3) is 0.500. The van der Waals surface area contributed by atoms with Gasteiger partial charge in [0.2, 0.25) is 0 Å². The molecule has 1 aromatic rings. The summed E-state index contributed by atoms with van der Waals surface area (Å²) in [6, 6.07) is 2.98. The lowest BCUT2D eigenvalue weighted by molar-refractivity contribution is 0.0949. The highest BCUT2D eigenvalue weighted by molar-refractivity contribution is 5.23. The summed E-state index contributed by atoms with van der Waals surface area (Å²) in [5.74, 6) is -1.30. The van der Waals surface area contributed by atoms with Gasteiger partial charge in [-0.1, -0.05) is 6.07 Å². The van der Waals surface area contributed by atoms with E-state index in [9.17, 15) is 8.78 Å². The summed E-state index contributed by atoms with van der Waals surface area (Å²) in [6.45, 7) is 2.49. The van der Waals surface area contributed by atoms with Crippen LogP contribution in [0.1, 0.15) is 25.5 Å². The molecule has 17 heavy (non-hydrogen) atoms. The van der Waals surface area contributed by atoms with Crippen LogP contribution in [0.3, 0.4) is 0 Å². The van der Waals surface area contributed by atoms with Crippen molar-refractivity contribution >= 4 is 0 Å². The Balaban J connectivity index is 2.94. The van der Waals surface area contributed by atoms with Gasteiger partial charge in [0.15, 0.2) is 0 Å². The Kier molecular flexibility index (Phi) is 4.56. The fourth-order valence-electron chi connectivity index (χ4n) is 1.66. The van der Waals surface area contributed by atoms with E-state index >= 15 is 0 Å². The van der Waals surface area contributed by atoms with Crippen LogP contribution in [0.5, 0.6) is 0 Å². The first-order chi connectivity index (χ1) is 7.93. The molecule has 0 amide bonds. The number of aliphatic hydroxyl groups excluding tert-OH is 2. The lowest BCUT2D eigenvalue weighted by Crippen LogP contribution is -2.50.